The monoisotopic (exact) mass is 628 g/mol. The predicted molar refractivity (Wildman–Crippen MR) is 171 cm³/mol. The molecule has 0 spiro atoms. The summed E-state index contributed by atoms with van der Waals surface area (Å²) >= 11 is 0. The van der Waals surface area contributed by atoms with Crippen molar-refractivity contribution in [2.75, 3.05) is 26.4 Å². The molecule has 0 radical (unpaired) electrons. The van der Waals surface area contributed by atoms with E-state index in [0.717, 1.165) is 19.3 Å². The van der Waals surface area contributed by atoms with Crippen LogP contribution in [0.15, 0.2) is 0 Å². The summed E-state index contributed by atoms with van der Waals surface area (Å²) in [7, 11) is -5.27. The Balaban J connectivity index is 4.27. The lowest BCUT2D eigenvalue weighted by molar-refractivity contribution is -0.130. The molecule has 248 valence electrons. The van der Waals surface area contributed by atoms with Crippen LogP contribution in [0.3, 0.4) is 0 Å². The first-order valence-electron chi connectivity index (χ1n) is 16.5. The molecule has 0 aliphatic heterocycles. The molecule has 10 heteroatoms. The predicted octanol–water partition coefficient (Wildman–Crippen LogP) is 8.53. The van der Waals surface area contributed by atoms with Crippen LogP contribution in [0.5, 0.6) is 0 Å². The Hall–Kier alpha value is 0.540. The fourth-order valence-corrected chi connectivity index (χ4v) is 6.53. The minimum atomic E-state index is -2.64. The summed E-state index contributed by atoms with van der Waals surface area (Å²) < 4.78 is 16.5. The van der Waals surface area contributed by atoms with Gasteiger partial charge in [-0.1, -0.05) is 137 Å². The standard InChI is InChI=1S/C31H66O8P2/c1-5-6-7-8-9-10-11-12-13-14-15-16-17-18-19-20-21-22-23-37-30(29(4)24-28(2)3)31(25-32,26-38-40(33)34)27-39-41(35)36/h28-30,32-36H,5-27H2,1-4H3. The Morgan fingerprint density at radius 2 is 0.951 bits per heavy atom. The molecule has 0 aromatic carbocycles. The molecular weight excluding hydrogens is 562 g/mol. The number of unbranched alkanes of at least 4 members (excludes halogenated alkanes) is 17. The molecular formula is C31H66O8P2. The average Bonchev–Trinajstić information content (AvgIpc) is 2.92. The summed E-state index contributed by atoms with van der Waals surface area (Å²) in [6.45, 7) is 8.18. The van der Waals surface area contributed by atoms with Crippen LogP contribution in [-0.2, 0) is 13.8 Å². The van der Waals surface area contributed by atoms with Crippen LogP contribution in [0, 0.1) is 17.3 Å². The normalized spacial score (nSPS) is 14.0. The van der Waals surface area contributed by atoms with E-state index >= 15 is 0 Å². The highest BCUT2D eigenvalue weighted by Crippen LogP contribution is 2.40. The number of aliphatic hydroxyl groups excluding tert-OH is 1. The second kappa shape index (κ2) is 28.0. The van der Waals surface area contributed by atoms with Gasteiger partial charge in [0.1, 0.15) is 0 Å². The van der Waals surface area contributed by atoms with Crippen LogP contribution < -0.4 is 0 Å². The van der Waals surface area contributed by atoms with Gasteiger partial charge < -0.3 is 38.5 Å². The SMILES string of the molecule is CCCCCCCCCCCCCCCCCCCCOC(C(C)CC(C)C)C(CO)(COP(O)O)COP(O)O. The molecule has 0 rings (SSSR count). The van der Waals surface area contributed by atoms with Gasteiger partial charge in [0, 0.05) is 6.61 Å². The Morgan fingerprint density at radius 1 is 0.585 bits per heavy atom. The molecule has 0 bridgehead atoms. The lowest BCUT2D eigenvalue weighted by atomic mass is 9.76. The van der Waals surface area contributed by atoms with Crippen LogP contribution in [0.1, 0.15) is 150 Å². The van der Waals surface area contributed by atoms with E-state index in [4.69, 9.17) is 13.8 Å². The Bertz CT molecular complexity index is 542. The van der Waals surface area contributed by atoms with Crippen molar-refractivity contribution < 1.29 is 38.5 Å². The number of rotatable bonds is 31. The van der Waals surface area contributed by atoms with E-state index in [-0.39, 0.29) is 19.1 Å². The highest BCUT2D eigenvalue weighted by Gasteiger charge is 2.44. The van der Waals surface area contributed by atoms with Crippen molar-refractivity contribution in [3.63, 3.8) is 0 Å². The van der Waals surface area contributed by atoms with Gasteiger partial charge in [0.25, 0.3) is 0 Å². The third-order valence-electron chi connectivity index (χ3n) is 8.01. The third-order valence-corrected chi connectivity index (χ3v) is 8.73. The van der Waals surface area contributed by atoms with Crippen molar-refractivity contribution in [2.45, 2.75) is 156 Å². The molecule has 5 N–H and O–H groups in total. The number of hydrogen-bond donors (Lipinski definition) is 5. The summed E-state index contributed by atoms with van der Waals surface area (Å²) in [6.07, 6.45) is 24.0. The van der Waals surface area contributed by atoms with Gasteiger partial charge in [-0.2, -0.15) is 0 Å². The Labute approximate surface area is 255 Å². The van der Waals surface area contributed by atoms with Crippen molar-refractivity contribution in [3.05, 3.63) is 0 Å². The number of ether oxygens (including phenoxy) is 1. The molecule has 41 heavy (non-hydrogen) atoms. The maximum Gasteiger partial charge on any atom is 0.327 e. The van der Waals surface area contributed by atoms with Crippen LogP contribution >= 0.6 is 17.2 Å². The van der Waals surface area contributed by atoms with E-state index in [0.29, 0.717) is 12.5 Å². The summed E-state index contributed by atoms with van der Waals surface area (Å²) in [5.41, 5.74) is -1.15. The van der Waals surface area contributed by atoms with Crippen molar-refractivity contribution >= 4 is 17.2 Å². The third kappa shape index (κ3) is 23.6. The lowest BCUT2D eigenvalue weighted by Gasteiger charge is -2.42. The average molecular weight is 629 g/mol. The first kappa shape index (κ1) is 41.5. The molecule has 8 nitrogen and oxygen atoms in total. The molecule has 0 aromatic heterocycles. The Morgan fingerprint density at radius 3 is 1.27 bits per heavy atom. The van der Waals surface area contributed by atoms with Crippen LogP contribution in [0.4, 0.5) is 0 Å². The van der Waals surface area contributed by atoms with Gasteiger partial charge >= 0.3 is 17.2 Å². The molecule has 0 heterocycles. The van der Waals surface area contributed by atoms with Gasteiger partial charge in [0.2, 0.25) is 0 Å². The smallest absolute Gasteiger partial charge is 0.327 e. The van der Waals surface area contributed by atoms with Crippen LogP contribution in [0.25, 0.3) is 0 Å². The first-order chi connectivity index (χ1) is 19.7. The van der Waals surface area contributed by atoms with E-state index in [9.17, 15) is 24.7 Å². The maximum atomic E-state index is 10.4. The second-order valence-electron chi connectivity index (χ2n) is 12.5. The molecule has 0 saturated heterocycles. The van der Waals surface area contributed by atoms with Gasteiger partial charge in [-0.15, -0.1) is 0 Å². The van der Waals surface area contributed by atoms with Crippen LogP contribution in [0.2, 0.25) is 0 Å². The Kier molecular flexibility index (Phi) is 28.4. The first-order valence-corrected chi connectivity index (χ1v) is 18.9. The number of hydrogen-bond acceptors (Lipinski definition) is 8. The van der Waals surface area contributed by atoms with Gasteiger partial charge in [0.05, 0.1) is 31.3 Å². The van der Waals surface area contributed by atoms with Crippen molar-refractivity contribution in [3.8, 4) is 0 Å². The molecule has 0 amide bonds. The fraction of sp³-hybridized carbons (Fsp3) is 1.00. The maximum absolute atomic E-state index is 10.4. The molecule has 0 saturated carbocycles. The van der Waals surface area contributed by atoms with E-state index < -0.39 is 35.3 Å². The van der Waals surface area contributed by atoms with E-state index in [1.165, 1.54) is 103 Å². The summed E-state index contributed by atoms with van der Waals surface area (Å²) in [4.78, 5) is 37.4. The highest BCUT2D eigenvalue weighted by molar-refractivity contribution is 7.39. The fourth-order valence-electron chi connectivity index (χ4n) is 5.79. The van der Waals surface area contributed by atoms with Gasteiger partial charge in [-0.3, -0.25) is 0 Å². The van der Waals surface area contributed by atoms with E-state index in [2.05, 4.69) is 20.8 Å². The van der Waals surface area contributed by atoms with Gasteiger partial charge in [0.15, 0.2) is 0 Å². The van der Waals surface area contributed by atoms with Crippen LogP contribution in [-0.4, -0.2) is 57.2 Å². The highest BCUT2D eigenvalue weighted by atomic mass is 31.2. The topological polar surface area (TPSA) is 129 Å². The number of aliphatic hydroxyl groups is 1. The summed E-state index contributed by atoms with van der Waals surface area (Å²) in [5.74, 6) is 0.400. The second-order valence-corrected chi connectivity index (χ2v) is 14.0. The van der Waals surface area contributed by atoms with Crippen molar-refractivity contribution in [2.24, 2.45) is 17.3 Å². The molecule has 0 fully saturated rings. The minimum Gasteiger partial charge on any atom is -0.396 e. The zero-order valence-corrected chi connectivity index (χ0v) is 28.6. The summed E-state index contributed by atoms with van der Waals surface area (Å²) in [5, 5.41) is 10.4. The molecule has 2 atom stereocenters. The van der Waals surface area contributed by atoms with Crippen molar-refractivity contribution in [1.29, 1.82) is 0 Å². The lowest BCUT2D eigenvalue weighted by Crippen LogP contribution is -2.50. The van der Waals surface area contributed by atoms with Crippen molar-refractivity contribution in [1.82, 2.24) is 0 Å². The van der Waals surface area contributed by atoms with E-state index in [1.807, 2.05) is 6.92 Å². The molecule has 0 aliphatic rings. The minimum absolute atomic E-state index is 0.0112. The zero-order chi connectivity index (χ0) is 30.8. The molecule has 0 aliphatic carbocycles. The quantitative estimate of drug-likeness (QED) is 0.0382. The molecule has 0 aromatic rings. The zero-order valence-electron chi connectivity index (χ0n) is 26.9. The van der Waals surface area contributed by atoms with Gasteiger partial charge in [-0.25, -0.2) is 0 Å². The van der Waals surface area contributed by atoms with Gasteiger partial charge in [-0.05, 0) is 24.7 Å². The summed E-state index contributed by atoms with van der Waals surface area (Å²) in [6, 6.07) is 0. The largest absolute Gasteiger partial charge is 0.396 e. The van der Waals surface area contributed by atoms with E-state index in [1.54, 1.807) is 0 Å². The molecule has 2 unspecified atom stereocenters.